The normalized spacial score (nSPS) is 13.2. The van der Waals surface area contributed by atoms with Gasteiger partial charge in [0.05, 0.1) is 7.11 Å². The highest BCUT2D eigenvalue weighted by Gasteiger charge is 2.20. The zero-order valence-electron chi connectivity index (χ0n) is 8.86. The molecule has 90 valence electrons. The molecule has 1 unspecified atom stereocenters. The van der Waals surface area contributed by atoms with E-state index >= 15 is 0 Å². The molecule has 6 nitrogen and oxygen atoms in total. The van der Waals surface area contributed by atoms with E-state index in [1.54, 1.807) is 24.3 Å². The molecular weight excluding hydrogens is 235 g/mol. The average molecular weight is 248 g/mol. The lowest BCUT2D eigenvalue weighted by molar-refractivity contribution is -0.00241. The van der Waals surface area contributed by atoms with Crippen molar-refractivity contribution in [3.05, 3.63) is 24.3 Å². The number of methoxy groups -OCH3 is 1. The fourth-order valence-electron chi connectivity index (χ4n) is 1.11. The quantitative estimate of drug-likeness (QED) is 0.607. The summed E-state index contributed by atoms with van der Waals surface area (Å²) in [6, 6.07) is 6.74. The summed E-state index contributed by atoms with van der Waals surface area (Å²) < 4.78 is 25.1. The van der Waals surface area contributed by atoms with Crippen molar-refractivity contribution in [3.63, 3.8) is 0 Å². The van der Waals surface area contributed by atoms with Crippen LogP contribution in [0.4, 0.5) is 0 Å². The molecule has 2 N–H and O–H groups in total. The Balaban J connectivity index is 2.69. The predicted octanol–water partition coefficient (Wildman–Crippen LogP) is 1.53. The Kier molecular flexibility index (Phi) is 4.32. The van der Waals surface area contributed by atoms with Crippen LogP contribution in [-0.2, 0) is 9.09 Å². The third kappa shape index (κ3) is 4.20. The maximum absolute atomic E-state index is 10.5. The van der Waals surface area contributed by atoms with E-state index in [0.717, 1.165) is 0 Å². The summed E-state index contributed by atoms with van der Waals surface area (Å²) in [5.74, 6) is 0.814. The highest BCUT2D eigenvalue weighted by molar-refractivity contribution is 7.46. The monoisotopic (exact) mass is 248 g/mol. The zero-order chi connectivity index (χ0) is 12.2. The van der Waals surface area contributed by atoms with Crippen LogP contribution >= 0.6 is 7.82 Å². The van der Waals surface area contributed by atoms with Gasteiger partial charge in [-0.2, -0.15) is 0 Å². The molecule has 1 aromatic rings. The standard InChI is InChI=1S/C9H13O6P/c1-7(15-16(10,11)12)14-9-6-4-3-5-8(9)13-2/h3-7H,1-2H3,(H2,10,11,12). The highest BCUT2D eigenvalue weighted by Crippen LogP contribution is 2.38. The summed E-state index contributed by atoms with van der Waals surface area (Å²) in [6.45, 7) is 1.38. The van der Waals surface area contributed by atoms with E-state index in [0.29, 0.717) is 11.5 Å². The molecule has 1 aromatic carbocycles. The van der Waals surface area contributed by atoms with Crippen LogP contribution in [0.5, 0.6) is 11.5 Å². The Morgan fingerprint density at radius 2 is 1.81 bits per heavy atom. The van der Waals surface area contributed by atoms with Gasteiger partial charge < -0.3 is 19.3 Å². The Morgan fingerprint density at radius 3 is 2.31 bits per heavy atom. The number of phosphoric ester groups is 1. The minimum Gasteiger partial charge on any atom is -0.493 e. The van der Waals surface area contributed by atoms with Crippen LogP contribution in [0, 0.1) is 0 Å². The number of phosphoric acid groups is 1. The van der Waals surface area contributed by atoms with Gasteiger partial charge in [-0.3, -0.25) is 0 Å². The molecule has 0 fully saturated rings. The molecule has 16 heavy (non-hydrogen) atoms. The Labute approximate surface area is 93.0 Å². The number of para-hydroxylation sites is 2. The van der Waals surface area contributed by atoms with Crippen LogP contribution in [0.3, 0.4) is 0 Å². The fraction of sp³-hybridized carbons (Fsp3) is 0.333. The van der Waals surface area contributed by atoms with E-state index in [2.05, 4.69) is 4.52 Å². The molecule has 0 bridgehead atoms. The third-order valence-corrected chi connectivity index (χ3v) is 2.22. The second-order valence-electron chi connectivity index (χ2n) is 2.93. The molecule has 7 heteroatoms. The number of benzene rings is 1. The molecule has 0 saturated carbocycles. The molecule has 1 atom stereocenters. The van der Waals surface area contributed by atoms with Crippen molar-refractivity contribution in [3.8, 4) is 11.5 Å². The minimum atomic E-state index is -4.55. The molecule has 0 aliphatic carbocycles. The largest absolute Gasteiger partial charge is 0.493 e. The first kappa shape index (κ1) is 13.0. The molecule has 0 amide bonds. The smallest absolute Gasteiger partial charge is 0.472 e. The number of ether oxygens (including phenoxy) is 2. The van der Waals surface area contributed by atoms with E-state index in [-0.39, 0.29) is 0 Å². The summed E-state index contributed by atoms with van der Waals surface area (Å²) in [6.07, 6.45) is -1.07. The highest BCUT2D eigenvalue weighted by atomic mass is 31.2. The molecule has 0 radical (unpaired) electrons. The third-order valence-electron chi connectivity index (χ3n) is 1.65. The fourth-order valence-corrected chi connectivity index (χ4v) is 1.54. The number of hydrogen-bond donors (Lipinski definition) is 2. The van der Waals surface area contributed by atoms with Crippen molar-refractivity contribution in [2.75, 3.05) is 7.11 Å². The van der Waals surface area contributed by atoms with Gasteiger partial charge in [-0.1, -0.05) is 12.1 Å². The molecule has 0 aromatic heterocycles. The predicted molar refractivity (Wildman–Crippen MR) is 56.2 cm³/mol. The Hall–Kier alpha value is -1.07. The first-order valence-corrected chi connectivity index (χ1v) is 5.99. The zero-order valence-corrected chi connectivity index (χ0v) is 9.76. The Bertz CT molecular complexity index is 387. The van der Waals surface area contributed by atoms with Crippen molar-refractivity contribution < 1.29 is 28.3 Å². The summed E-state index contributed by atoms with van der Waals surface area (Å²) in [7, 11) is -3.08. The van der Waals surface area contributed by atoms with Crippen molar-refractivity contribution in [2.45, 2.75) is 13.2 Å². The van der Waals surface area contributed by atoms with Gasteiger partial charge in [0.25, 0.3) is 0 Å². The Morgan fingerprint density at radius 1 is 1.25 bits per heavy atom. The van der Waals surface area contributed by atoms with Gasteiger partial charge >= 0.3 is 7.82 Å². The van der Waals surface area contributed by atoms with Crippen LogP contribution in [-0.4, -0.2) is 23.2 Å². The van der Waals surface area contributed by atoms with Crippen molar-refractivity contribution in [2.24, 2.45) is 0 Å². The van der Waals surface area contributed by atoms with Crippen LogP contribution in [0.2, 0.25) is 0 Å². The lowest BCUT2D eigenvalue weighted by Crippen LogP contribution is -2.15. The summed E-state index contributed by atoms with van der Waals surface area (Å²) in [5, 5.41) is 0. The molecule has 1 rings (SSSR count). The number of rotatable bonds is 5. The van der Waals surface area contributed by atoms with Gasteiger partial charge in [0.1, 0.15) is 0 Å². The second kappa shape index (κ2) is 5.32. The van der Waals surface area contributed by atoms with Gasteiger partial charge in [-0.15, -0.1) is 0 Å². The second-order valence-corrected chi connectivity index (χ2v) is 4.12. The van der Waals surface area contributed by atoms with Gasteiger partial charge in [-0.25, -0.2) is 9.09 Å². The lowest BCUT2D eigenvalue weighted by atomic mass is 10.3. The SMILES string of the molecule is COc1ccccc1OC(C)OP(=O)(O)O. The van der Waals surface area contributed by atoms with Crippen molar-refractivity contribution >= 4 is 7.82 Å². The van der Waals surface area contributed by atoms with Gasteiger partial charge in [-0.05, 0) is 19.1 Å². The van der Waals surface area contributed by atoms with Crippen LogP contribution < -0.4 is 9.47 Å². The van der Waals surface area contributed by atoms with E-state index in [1.165, 1.54) is 14.0 Å². The topological polar surface area (TPSA) is 85.2 Å². The molecule has 0 saturated heterocycles. The van der Waals surface area contributed by atoms with E-state index in [4.69, 9.17) is 19.3 Å². The first-order chi connectivity index (χ1) is 7.42. The number of hydrogen-bond acceptors (Lipinski definition) is 4. The molecular formula is C9H13O6P. The molecule has 0 heterocycles. The van der Waals surface area contributed by atoms with Gasteiger partial charge in [0.15, 0.2) is 11.5 Å². The van der Waals surface area contributed by atoms with Crippen LogP contribution in [0.25, 0.3) is 0 Å². The van der Waals surface area contributed by atoms with E-state index in [9.17, 15) is 4.57 Å². The summed E-state index contributed by atoms with van der Waals surface area (Å²) >= 11 is 0. The van der Waals surface area contributed by atoms with Gasteiger partial charge in [0, 0.05) is 0 Å². The summed E-state index contributed by atoms with van der Waals surface area (Å²) in [5.41, 5.74) is 0. The first-order valence-electron chi connectivity index (χ1n) is 4.46. The van der Waals surface area contributed by atoms with E-state index < -0.39 is 14.1 Å². The molecule has 0 aliphatic heterocycles. The van der Waals surface area contributed by atoms with E-state index in [1.807, 2.05) is 0 Å². The molecule has 0 aliphatic rings. The van der Waals surface area contributed by atoms with Gasteiger partial charge in [0.2, 0.25) is 6.29 Å². The maximum atomic E-state index is 10.5. The maximum Gasteiger partial charge on any atom is 0.472 e. The van der Waals surface area contributed by atoms with Crippen LogP contribution in [0.1, 0.15) is 6.92 Å². The summed E-state index contributed by atoms with van der Waals surface area (Å²) in [4.78, 5) is 17.1. The van der Waals surface area contributed by atoms with Crippen molar-refractivity contribution in [1.82, 2.24) is 0 Å². The minimum absolute atomic E-state index is 0.353. The molecule has 0 spiro atoms. The average Bonchev–Trinajstić information content (AvgIpc) is 2.15. The lowest BCUT2D eigenvalue weighted by Gasteiger charge is -2.17. The van der Waals surface area contributed by atoms with Crippen molar-refractivity contribution in [1.29, 1.82) is 0 Å². The van der Waals surface area contributed by atoms with Crippen LogP contribution in [0.15, 0.2) is 24.3 Å².